The quantitative estimate of drug-likeness (QED) is 0.877. The number of fused-ring (bicyclic) bond motifs is 1. The van der Waals surface area contributed by atoms with E-state index in [1.54, 1.807) is 0 Å². The SMILES string of the molecule is Cc1cc2cc(CO)ccc2nc1C1CCCCC1. The Balaban J connectivity index is 2.03. The van der Waals surface area contributed by atoms with Crippen LogP contribution in [-0.4, -0.2) is 10.1 Å². The summed E-state index contributed by atoms with van der Waals surface area (Å²) in [5.41, 5.74) is 4.61. The number of rotatable bonds is 2. The maximum Gasteiger partial charge on any atom is 0.0705 e. The molecule has 1 heterocycles. The van der Waals surface area contributed by atoms with Gasteiger partial charge in [-0.1, -0.05) is 25.3 Å². The molecule has 1 aromatic heterocycles. The third kappa shape index (κ3) is 2.50. The lowest BCUT2D eigenvalue weighted by Gasteiger charge is -2.23. The maximum atomic E-state index is 9.20. The molecule has 1 N–H and O–H groups in total. The summed E-state index contributed by atoms with van der Waals surface area (Å²) in [4.78, 5) is 4.89. The number of hydrogen-bond acceptors (Lipinski definition) is 2. The Kier molecular flexibility index (Phi) is 3.52. The zero-order valence-electron chi connectivity index (χ0n) is 11.5. The molecule has 1 saturated carbocycles. The number of aromatic nitrogens is 1. The Morgan fingerprint density at radius 2 is 1.95 bits per heavy atom. The molecule has 19 heavy (non-hydrogen) atoms. The highest BCUT2D eigenvalue weighted by Crippen LogP contribution is 2.34. The van der Waals surface area contributed by atoms with Crippen LogP contribution in [0.5, 0.6) is 0 Å². The van der Waals surface area contributed by atoms with Gasteiger partial charge in [-0.25, -0.2) is 0 Å². The van der Waals surface area contributed by atoms with Crippen molar-refractivity contribution in [1.82, 2.24) is 4.98 Å². The molecule has 0 unspecified atom stereocenters. The van der Waals surface area contributed by atoms with Gasteiger partial charge in [0.25, 0.3) is 0 Å². The minimum atomic E-state index is 0.0966. The highest BCUT2D eigenvalue weighted by Gasteiger charge is 2.19. The van der Waals surface area contributed by atoms with Gasteiger partial charge in [-0.05, 0) is 49.1 Å². The Hall–Kier alpha value is -1.41. The lowest BCUT2D eigenvalue weighted by molar-refractivity contribution is 0.282. The van der Waals surface area contributed by atoms with Crippen LogP contribution in [0, 0.1) is 6.92 Å². The van der Waals surface area contributed by atoms with Crippen molar-refractivity contribution in [1.29, 1.82) is 0 Å². The molecule has 1 aromatic carbocycles. The number of aliphatic hydroxyl groups is 1. The van der Waals surface area contributed by atoms with Crippen LogP contribution in [-0.2, 0) is 6.61 Å². The van der Waals surface area contributed by atoms with Crippen LogP contribution in [0.1, 0.15) is 54.8 Å². The van der Waals surface area contributed by atoms with Crippen LogP contribution in [0.2, 0.25) is 0 Å². The van der Waals surface area contributed by atoms with Crippen molar-refractivity contribution in [3.63, 3.8) is 0 Å². The third-order valence-electron chi connectivity index (χ3n) is 4.28. The lowest BCUT2D eigenvalue weighted by atomic mass is 9.85. The predicted octanol–water partition coefficient (Wildman–Crippen LogP) is 4.08. The maximum absolute atomic E-state index is 9.20. The van der Waals surface area contributed by atoms with Crippen molar-refractivity contribution < 1.29 is 5.11 Å². The first kappa shape index (κ1) is 12.6. The smallest absolute Gasteiger partial charge is 0.0705 e. The molecule has 0 aliphatic heterocycles. The molecule has 0 bridgehead atoms. The van der Waals surface area contributed by atoms with E-state index in [0.29, 0.717) is 5.92 Å². The van der Waals surface area contributed by atoms with Crippen LogP contribution >= 0.6 is 0 Å². The molecule has 0 radical (unpaired) electrons. The molecule has 3 rings (SSSR count). The first-order valence-corrected chi connectivity index (χ1v) is 7.29. The first-order chi connectivity index (χ1) is 9.28. The van der Waals surface area contributed by atoms with Crippen molar-refractivity contribution in [3.05, 3.63) is 41.1 Å². The molecule has 0 saturated heterocycles. The van der Waals surface area contributed by atoms with Crippen molar-refractivity contribution in [2.75, 3.05) is 0 Å². The molecule has 1 aliphatic carbocycles. The molecule has 2 heteroatoms. The second-order valence-corrected chi connectivity index (χ2v) is 5.71. The summed E-state index contributed by atoms with van der Waals surface area (Å²) in [6.45, 7) is 2.27. The van der Waals surface area contributed by atoms with E-state index in [2.05, 4.69) is 13.0 Å². The fourth-order valence-electron chi connectivity index (χ4n) is 3.23. The third-order valence-corrected chi connectivity index (χ3v) is 4.28. The van der Waals surface area contributed by atoms with Crippen molar-refractivity contribution in [2.45, 2.75) is 51.6 Å². The van der Waals surface area contributed by atoms with Crippen molar-refractivity contribution >= 4 is 10.9 Å². The van der Waals surface area contributed by atoms with Crippen LogP contribution < -0.4 is 0 Å². The minimum Gasteiger partial charge on any atom is -0.392 e. The van der Waals surface area contributed by atoms with Gasteiger partial charge in [-0.15, -0.1) is 0 Å². The van der Waals surface area contributed by atoms with E-state index < -0.39 is 0 Å². The monoisotopic (exact) mass is 255 g/mol. The number of pyridine rings is 1. The van der Waals surface area contributed by atoms with Gasteiger partial charge in [0.2, 0.25) is 0 Å². The van der Waals surface area contributed by atoms with E-state index >= 15 is 0 Å². The summed E-state index contributed by atoms with van der Waals surface area (Å²) in [6, 6.07) is 8.27. The van der Waals surface area contributed by atoms with Gasteiger partial charge in [-0.2, -0.15) is 0 Å². The average molecular weight is 255 g/mol. The summed E-state index contributed by atoms with van der Waals surface area (Å²) in [5, 5.41) is 10.3. The Labute approximate surface area is 114 Å². The molecule has 0 atom stereocenters. The van der Waals surface area contributed by atoms with Gasteiger partial charge in [-0.3, -0.25) is 4.98 Å². The molecule has 1 aliphatic rings. The second kappa shape index (κ2) is 5.30. The second-order valence-electron chi connectivity index (χ2n) is 5.71. The van der Waals surface area contributed by atoms with Gasteiger partial charge in [0, 0.05) is 17.0 Å². The number of hydrogen-bond donors (Lipinski definition) is 1. The van der Waals surface area contributed by atoms with Gasteiger partial charge >= 0.3 is 0 Å². The van der Waals surface area contributed by atoms with Crippen LogP contribution in [0.3, 0.4) is 0 Å². The molecule has 2 aromatic rings. The molecule has 2 nitrogen and oxygen atoms in total. The zero-order valence-corrected chi connectivity index (χ0v) is 11.5. The van der Waals surface area contributed by atoms with Gasteiger partial charge in [0.1, 0.15) is 0 Å². The lowest BCUT2D eigenvalue weighted by Crippen LogP contribution is -2.08. The predicted molar refractivity (Wildman–Crippen MR) is 78.2 cm³/mol. The van der Waals surface area contributed by atoms with Crippen LogP contribution in [0.25, 0.3) is 10.9 Å². The van der Waals surface area contributed by atoms with Crippen molar-refractivity contribution in [2.24, 2.45) is 0 Å². The Morgan fingerprint density at radius 3 is 2.68 bits per heavy atom. The van der Waals surface area contributed by atoms with E-state index in [4.69, 9.17) is 4.98 Å². The highest BCUT2D eigenvalue weighted by atomic mass is 16.3. The summed E-state index contributed by atoms with van der Waals surface area (Å²) in [5.74, 6) is 0.649. The topological polar surface area (TPSA) is 33.1 Å². The van der Waals surface area contributed by atoms with Crippen LogP contribution in [0.4, 0.5) is 0 Å². The Morgan fingerprint density at radius 1 is 1.16 bits per heavy atom. The van der Waals surface area contributed by atoms with E-state index in [-0.39, 0.29) is 6.61 Å². The standard InChI is InChI=1S/C17H21NO/c1-12-9-15-10-13(11-19)7-8-16(15)18-17(12)14-5-3-2-4-6-14/h7-10,14,19H,2-6,11H2,1H3. The fourth-order valence-corrected chi connectivity index (χ4v) is 3.23. The highest BCUT2D eigenvalue weighted by molar-refractivity contribution is 5.80. The van der Waals surface area contributed by atoms with Gasteiger partial charge in [0.15, 0.2) is 0 Å². The average Bonchev–Trinajstić information content (AvgIpc) is 2.47. The summed E-state index contributed by atoms with van der Waals surface area (Å²) >= 11 is 0. The number of nitrogens with zero attached hydrogens (tertiary/aromatic N) is 1. The molecule has 0 spiro atoms. The number of aryl methyl sites for hydroxylation is 1. The van der Waals surface area contributed by atoms with E-state index in [0.717, 1.165) is 16.5 Å². The molecule has 100 valence electrons. The minimum absolute atomic E-state index is 0.0966. The normalized spacial score (nSPS) is 16.9. The van der Waals surface area contributed by atoms with Crippen LogP contribution in [0.15, 0.2) is 24.3 Å². The van der Waals surface area contributed by atoms with Gasteiger partial charge in [0.05, 0.1) is 12.1 Å². The largest absolute Gasteiger partial charge is 0.392 e. The molecular weight excluding hydrogens is 234 g/mol. The van der Waals surface area contributed by atoms with Crippen molar-refractivity contribution in [3.8, 4) is 0 Å². The number of aliphatic hydroxyl groups excluding tert-OH is 1. The van der Waals surface area contributed by atoms with E-state index in [1.165, 1.54) is 43.4 Å². The Bertz CT molecular complexity index is 585. The summed E-state index contributed by atoms with van der Waals surface area (Å²) in [6.07, 6.45) is 6.63. The number of benzene rings is 1. The first-order valence-electron chi connectivity index (χ1n) is 7.29. The van der Waals surface area contributed by atoms with E-state index in [1.807, 2.05) is 18.2 Å². The van der Waals surface area contributed by atoms with E-state index in [9.17, 15) is 5.11 Å². The molecule has 0 amide bonds. The molecule has 1 fully saturated rings. The fraction of sp³-hybridized carbons (Fsp3) is 0.471. The van der Waals surface area contributed by atoms with Gasteiger partial charge < -0.3 is 5.11 Å². The molecular formula is C17H21NO. The summed E-state index contributed by atoms with van der Waals surface area (Å²) < 4.78 is 0. The summed E-state index contributed by atoms with van der Waals surface area (Å²) in [7, 11) is 0. The zero-order chi connectivity index (χ0) is 13.2.